The van der Waals surface area contributed by atoms with Crippen LogP contribution in [0.5, 0.6) is 0 Å². The molecule has 0 aromatic carbocycles. The van der Waals surface area contributed by atoms with Crippen LogP contribution in [-0.2, 0) is 17.7 Å². The van der Waals surface area contributed by atoms with Gasteiger partial charge in [0.1, 0.15) is 5.82 Å². The Balaban J connectivity index is 2.36. The number of imidazole rings is 1. The molecular formula is C11H21N3O. The highest BCUT2D eigenvalue weighted by molar-refractivity contribution is 4.94. The molecule has 1 unspecified atom stereocenters. The minimum Gasteiger partial charge on any atom is -0.380 e. The van der Waals surface area contributed by atoms with Crippen molar-refractivity contribution >= 4 is 0 Å². The van der Waals surface area contributed by atoms with E-state index in [1.54, 1.807) is 0 Å². The zero-order valence-corrected chi connectivity index (χ0v) is 9.65. The predicted molar refractivity (Wildman–Crippen MR) is 60.7 cm³/mol. The van der Waals surface area contributed by atoms with E-state index in [1.807, 2.05) is 19.3 Å². The molecular weight excluding hydrogens is 190 g/mol. The Bertz CT molecular complexity index is 271. The molecule has 1 aromatic rings. The zero-order valence-electron chi connectivity index (χ0n) is 9.65. The van der Waals surface area contributed by atoms with Gasteiger partial charge in [-0.1, -0.05) is 6.92 Å². The fourth-order valence-electron chi connectivity index (χ4n) is 1.43. The lowest BCUT2D eigenvalue weighted by molar-refractivity contribution is 0.126. The van der Waals surface area contributed by atoms with Crippen LogP contribution in [0.25, 0.3) is 0 Å². The molecule has 0 fully saturated rings. The monoisotopic (exact) mass is 211 g/mol. The van der Waals surface area contributed by atoms with E-state index in [0.717, 1.165) is 38.4 Å². The Morgan fingerprint density at radius 2 is 2.33 bits per heavy atom. The first-order valence-corrected chi connectivity index (χ1v) is 5.57. The molecule has 0 radical (unpaired) electrons. The summed E-state index contributed by atoms with van der Waals surface area (Å²) in [5, 5.41) is 0. The Kier molecular flexibility index (Phi) is 5.36. The van der Waals surface area contributed by atoms with E-state index < -0.39 is 0 Å². The van der Waals surface area contributed by atoms with Gasteiger partial charge in [-0.05, 0) is 13.3 Å². The van der Waals surface area contributed by atoms with Gasteiger partial charge in [0.2, 0.25) is 0 Å². The Morgan fingerprint density at radius 1 is 1.53 bits per heavy atom. The fourth-order valence-corrected chi connectivity index (χ4v) is 1.43. The number of aromatic nitrogens is 2. The van der Waals surface area contributed by atoms with Crippen molar-refractivity contribution in [2.24, 2.45) is 5.73 Å². The molecule has 0 aliphatic carbocycles. The van der Waals surface area contributed by atoms with E-state index in [-0.39, 0.29) is 6.04 Å². The third-order valence-electron chi connectivity index (χ3n) is 2.13. The summed E-state index contributed by atoms with van der Waals surface area (Å²) in [6, 6.07) is 0.155. The number of ether oxygens (including phenoxy) is 1. The maximum absolute atomic E-state index is 5.74. The lowest BCUT2D eigenvalue weighted by atomic mass is 10.2. The molecule has 0 saturated heterocycles. The van der Waals surface area contributed by atoms with E-state index in [9.17, 15) is 0 Å². The average Bonchev–Trinajstić information content (AvgIpc) is 2.59. The Hall–Kier alpha value is -0.870. The van der Waals surface area contributed by atoms with Crippen LogP contribution in [0.15, 0.2) is 12.4 Å². The zero-order chi connectivity index (χ0) is 11.1. The summed E-state index contributed by atoms with van der Waals surface area (Å²) in [5.74, 6) is 1.05. The van der Waals surface area contributed by atoms with Crippen molar-refractivity contribution in [2.45, 2.75) is 39.3 Å². The number of nitrogens with two attached hydrogens (primary N) is 1. The number of rotatable bonds is 7. The van der Waals surface area contributed by atoms with Crippen molar-refractivity contribution in [1.29, 1.82) is 0 Å². The molecule has 0 spiro atoms. The third kappa shape index (κ3) is 4.44. The molecule has 0 aliphatic heterocycles. The summed E-state index contributed by atoms with van der Waals surface area (Å²) in [6.45, 7) is 6.54. The molecule has 86 valence electrons. The molecule has 2 N–H and O–H groups in total. The van der Waals surface area contributed by atoms with Gasteiger partial charge in [0.15, 0.2) is 0 Å². The van der Waals surface area contributed by atoms with Crippen molar-refractivity contribution in [3.8, 4) is 0 Å². The lowest BCUT2D eigenvalue weighted by Crippen LogP contribution is -2.21. The molecule has 4 heteroatoms. The van der Waals surface area contributed by atoms with Crippen molar-refractivity contribution < 1.29 is 4.74 Å². The molecule has 0 aliphatic rings. The van der Waals surface area contributed by atoms with Gasteiger partial charge in [-0.15, -0.1) is 0 Å². The van der Waals surface area contributed by atoms with E-state index in [2.05, 4.69) is 16.5 Å². The van der Waals surface area contributed by atoms with Crippen LogP contribution in [0.2, 0.25) is 0 Å². The molecule has 0 amide bonds. The maximum Gasteiger partial charge on any atom is 0.110 e. The summed E-state index contributed by atoms with van der Waals surface area (Å²) < 4.78 is 7.55. The summed E-state index contributed by atoms with van der Waals surface area (Å²) >= 11 is 0. The smallest absolute Gasteiger partial charge is 0.110 e. The van der Waals surface area contributed by atoms with Crippen molar-refractivity contribution in [3.63, 3.8) is 0 Å². The van der Waals surface area contributed by atoms with Gasteiger partial charge in [-0.3, -0.25) is 0 Å². The topological polar surface area (TPSA) is 53.1 Å². The second-order valence-corrected chi connectivity index (χ2v) is 3.83. The van der Waals surface area contributed by atoms with Crippen molar-refractivity contribution in [3.05, 3.63) is 18.2 Å². The molecule has 1 aromatic heterocycles. The van der Waals surface area contributed by atoms with Gasteiger partial charge < -0.3 is 15.0 Å². The first-order chi connectivity index (χ1) is 7.24. The van der Waals surface area contributed by atoms with E-state index >= 15 is 0 Å². The van der Waals surface area contributed by atoms with Gasteiger partial charge in [-0.25, -0.2) is 4.98 Å². The van der Waals surface area contributed by atoms with Crippen molar-refractivity contribution in [2.75, 3.05) is 13.2 Å². The summed E-state index contributed by atoms with van der Waals surface area (Å²) in [5.41, 5.74) is 5.74. The Labute approximate surface area is 91.4 Å². The minimum atomic E-state index is 0.155. The van der Waals surface area contributed by atoms with Gasteiger partial charge in [0, 0.05) is 38.0 Å². The molecule has 1 heterocycles. The third-order valence-corrected chi connectivity index (χ3v) is 2.13. The van der Waals surface area contributed by atoms with Crippen LogP contribution in [0.3, 0.4) is 0 Å². The van der Waals surface area contributed by atoms with Crippen molar-refractivity contribution in [1.82, 2.24) is 9.55 Å². The quantitative estimate of drug-likeness (QED) is 0.689. The molecule has 0 bridgehead atoms. The van der Waals surface area contributed by atoms with Gasteiger partial charge in [-0.2, -0.15) is 0 Å². The van der Waals surface area contributed by atoms with Crippen LogP contribution in [-0.4, -0.2) is 28.8 Å². The molecule has 15 heavy (non-hydrogen) atoms. The minimum absolute atomic E-state index is 0.155. The predicted octanol–water partition coefficient (Wildman–Crippen LogP) is 1.20. The van der Waals surface area contributed by atoms with Crippen LogP contribution in [0, 0.1) is 0 Å². The number of nitrogens with zero attached hydrogens (tertiary/aromatic N) is 2. The van der Waals surface area contributed by atoms with Crippen LogP contribution >= 0.6 is 0 Å². The molecule has 0 saturated carbocycles. The highest BCUT2D eigenvalue weighted by Gasteiger charge is 2.04. The first kappa shape index (κ1) is 12.2. The van der Waals surface area contributed by atoms with Gasteiger partial charge in [0.05, 0.1) is 6.61 Å². The van der Waals surface area contributed by atoms with E-state index in [0.29, 0.717) is 0 Å². The van der Waals surface area contributed by atoms with E-state index in [1.165, 1.54) is 0 Å². The lowest BCUT2D eigenvalue weighted by Gasteiger charge is -2.09. The summed E-state index contributed by atoms with van der Waals surface area (Å²) in [4.78, 5) is 4.28. The molecule has 4 nitrogen and oxygen atoms in total. The van der Waals surface area contributed by atoms with Crippen LogP contribution < -0.4 is 5.73 Å². The maximum atomic E-state index is 5.74. The summed E-state index contributed by atoms with van der Waals surface area (Å²) in [6.07, 6.45) is 5.68. The summed E-state index contributed by atoms with van der Waals surface area (Å²) in [7, 11) is 0. The van der Waals surface area contributed by atoms with Crippen LogP contribution in [0.4, 0.5) is 0 Å². The van der Waals surface area contributed by atoms with Crippen LogP contribution in [0.1, 0.15) is 26.1 Å². The number of hydrogen-bond acceptors (Lipinski definition) is 3. The Morgan fingerprint density at radius 3 is 3.00 bits per heavy atom. The van der Waals surface area contributed by atoms with Gasteiger partial charge in [0.25, 0.3) is 0 Å². The highest BCUT2D eigenvalue weighted by Crippen LogP contribution is 2.00. The largest absolute Gasteiger partial charge is 0.380 e. The second-order valence-electron chi connectivity index (χ2n) is 3.83. The fraction of sp³-hybridized carbons (Fsp3) is 0.727. The number of hydrogen-bond donors (Lipinski definition) is 1. The first-order valence-electron chi connectivity index (χ1n) is 5.57. The normalized spacial score (nSPS) is 13.0. The SMILES string of the molecule is CCCOCCn1ccnc1CC(C)N. The van der Waals surface area contributed by atoms with E-state index in [4.69, 9.17) is 10.5 Å². The second kappa shape index (κ2) is 6.58. The highest BCUT2D eigenvalue weighted by atomic mass is 16.5. The average molecular weight is 211 g/mol. The molecule has 1 atom stereocenters. The molecule has 1 rings (SSSR count). The standard InChI is InChI=1S/C11H21N3O/c1-3-7-15-8-6-14-5-4-13-11(14)9-10(2)12/h4-5,10H,3,6-9,12H2,1-2H3. The van der Waals surface area contributed by atoms with Gasteiger partial charge >= 0.3 is 0 Å².